The highest BCUT2D eigenvalue weighted by Gasteiger charge is 2.27. The van der Waals surface area contributed by atoms with Crippen LogP contribution in [0.2, 0.25) is 0 Å². The van der Waals surface area contributed by atoms with Crippen LogP contribution in [0, 0.1) is 21.4 Å². The Morgan fingerprint density at radius 3 is 1.78 bits per heavy atom. The zero-order valence-electron chi connectivity index (χ0n) is 28.7. The Kier molecular flexibility index (Phi) is 15.3. The summed E-state index contributed by atoms with van der Waals surface area (Å²) in [7, 11) is 1.53. The van der Waals surface area contributed by atoms with Crippen LogP contribution >= 0.6 is 0 Å². The maximum atomic E-state index is 13.5. The molecule has 14 heteroatoms. The Morgan fingerprint density at radius 1 is 0.857 bits per heavy atom. The summed E-state index contributed by atoms with van der Waals surface area (Å²) in [5.41, 5.74) is 1.39. The smallest absolute Gasteiger partial charge is 0.326 e. The van der Waals surface area contributed by atoms with E-state index in [1.165, 1.54) is 19.3 Å². The monoisotopic (exact) mass is 681 g/mol. The number of nitro groups is 1. The largest absolute Gasteiger partial charge is 0.497 e. The second-order valence-electron chi connectivity index (χ2n) is 13.1. The van der Waals surface area contributed by atoms with E-state index >= 15 is 0 Å². The van der Waals surface area contributed by atoms with Gasteiger partial charge >= 0.3 is 11.9 Å². The number of nitrogens with one attached hydrogen (secondary N) is 4. The van der Waals surface area contributed by atoms with Crippen molar-refractivity contribution >= 4 is 35.1 Å². The first-order valence-electron chi connectivity index (χ1n) is 15.8. The lowest BCUT2D eigenvalue weighted by molar-refractivity contribution is -0.403. The molecule has 2 amide bonds. The van der Waals surface area contributed by atoms with Crippen molar-refractivity contribution in [1.29, 1.82) is 0 Å². The van der Waals surface area contributed by atoms with Gasteiger partial charge in [0.1, 0.15) is 17.8 Å². The van der Waals surface area contributed by atoms with Crippen molar-refractivity contribution in [3.8, 4) is 5.75 Å². The van der Waals surface area contributed by atoms with Gasteiger partial charge in [-0.25, -0.2) is 9.59 Å². The van der Waals surface area contributed by atoms with E-state index in [9.17, 15) is 39.5 Å². The molecular formula is C35H47N5O9. The summed E-state index contributed by atoms with van der Waals surface area (Å²) >= 11 is 0. The number of carboxylic acid groups (broad SMARTS) is 2. The van der Waals surface area contributed by atoms with Crippen molar-refractivity contribution in [3.63, 3.8) is 0 Å². The quantitative estimate of drug-likeness (QED) is 0.0634. The Balaban J connectivity index is 2.13. The molecule has 0 aliphatic carbocycles. The van der Waals surface area contributed by atoms with Crippen LogP contribution in [0.15, 0.2) is 72.7 Å². The number of hydrogen-bond acceptors (Lipinski definition) is 9. The number of anilines is 2. The zero-order valence-corrected chi connectivity index (χ0v) is 28.7. The van der Waals surface area contributed by atoms with Gasteiger partial charge in [0.15, 0.2) is 5.82 Å². The van der Waals surface area contributed by atoms with Crippen molar-refractivity contribution in [2.45, 2.75) is 78.3 Å². The number of carbonyl (C=O) groups is 4. The molecule has 0 fully saturated rings. The SMILES string of the molecule is COc1ccc(NC(=C[N+](=O)[O-])Nc2ccc(C(CC(C)C)C(=O)NC(CC=CCC(NC(=O)CC(C)(C)C)C(=O)O)C(=O)O)cc2)cc1. The molecular weight excluding hydrogens is 634 g/mol. The second-order valence-corrected chi connectivity index (χ2v) is 13.1. The Bertz CT molecular complexity index is 1500. The van der Waals surface area contributed by atoms with Gasteiger partial charge in [-0.2, -0.15) is 0 Å². The Hall–Kier alpha value is -5.40. The molecule has 3 atom stereocenters. The molecule has 0 aromatic heterocycles. The van der Waals surface area contributed by atoms with Gasteiger partial charge in [0.25, 0.3) is 6.20 Å². The summed E-state index contributed by atoms with van der Waals surface area (Å²) < 4.78 is 5.14. The number of hydrogen-bond donors (Lipinski definition) is 6. The van der Waals surface area contributed by atoms with Gasteiger partial charge in [-0.1, -0.05) is 58.9 Å². The molecule has 0 radical (unpaired) electrons. The Morgan fingerprint density at radius 2 is 1.35 bits per heavy atom. The second kappa shape index (κ2) is 18.8. The highest BCUT2D eigenvalue weighted by Crippen LogP contribution is 2.27. The van der Waals surface area contributed by atoms with E-state index in [4.69, 9.17) is 4.74 Å². The number of ether oxygens (including phenoxy) is 1. The summed E-state index contributed by atoms with van der Waals surface area (Å²) in [6.45, 7) is 9.46. The summed E-state index contributed by atoms with van der Waals surface area (Å²) in [4.78, 5) is 60.0. The molecule has 6 N–H and O–H groups in total. The molecule has 266 valence electrons. The molecule has 0 saturated carbocycles. The molecule has 2 aromatic carbocycles. The van der Waals surface area contributed by atoms with Gasteiger partial charge in [-0.3, -0.25) is 19.7 Å². The average Bonchev–Trinajstić information content (AvgIpc) is 3.00. The predicted molar refractivity (Wildman–Crippen MR) is 186 cm³/mol. The molecule has 0 aliphatic rings. The molecule has 0 bridgehead atoms. The van der Waals surface area contributed by atoms with Crippen molar-refractivity contribution in [2.75, 3.05) is 17.7 Å². The molecule has 0 heterocycles. The number of amides is 2. The first-order chi connectivity index (χ1) is 23.0. The number of carbonyl (C=O) groups excluding carboxylic acids is 2. The highest BCUT2D eigenvalue weighted by molar-refractivity contribution is 5.88. The van der Waals surface area contributed by atoms with Gasteiger partial charge < -0.3 is 36.2 Å². The lowest BCUT2D eigenvalue weighted by Crippen LogP contribution is -2.43. The molecule has 3 unspecified atom stereocenters. The third-order valence-electron chi connectivity index (χ3n) is 7.07. The van der Waals surface area contributed by atoms with Crippen LogP contribution in [-0.4, -0.2) is 58.1 Å². The molecule has 0 spiro atoms. The number of benzene rings is 2. The van der Waals surface area contributed by atoms with E-state index in [1.807, 2.05) is 34.6 Å². The molecule has 2 rings (SSSR count). The minimum absolute atomic E-state index is 0.0595. The number of aliphatic carboxylic acids is 2. The van der Waals surface area contributed by atoms with E-state index in [0.29, 0.717) is 29.1 Å². The summed E-state index contributed by atoms with van der Waals surface area (Å²) in [5, 5.41) is 41.6. The number of methoxy groups -OCH3 is 1. The summed E-state index contributed by atoms with van der Waals surface area (Å²) in [6, 6.07) is 11.1. The maximum Gasteiger partial charge on any atom is 0.326 e. The fourth-order valence-electron chi connectivity index (χ4n) is 4.76. The van der Waals surface area contributed by atoms with Gasteiger partial charge in [0, 0.05) is 17.8 Å². The molecule has 49 heavy (non-hydrogen) atoms. The topological polar surface area (TPSA) is 209 Å². The third kappa shape index (κ3) is 14.9. The van der Waals surface area contributed by atoms with Gasteiger partial charge in [0.2, 0.25) is 11.8 Å². The lowest BCUT2D eigenvalue weighted by Gasteiger charge is -2.22. The molecule has 0 saturated heterocycles. The third-order valence-corrected chi connectivity index (χ3v) is 7.07. The minimum atomic E-state index is -1.28. The van der Waals surface area contributed by atoms with E-state index in [2.05, 4.69) is 21.3 Å². The number of rotatable bonds is 19. The normalized spacial score (nSPS) is 13.7. The zero-order chi connectivity index (χ0) is 36.7. The minimum Gasteiger partial charge on any atom is -0.497 e. The van der Waals surface area contributed by atoms with Crippen LogP contribution < -0.4 is 26.0 Å². The van der Waals surface area contributed by atoms with E-state index in [0.717, 1.165) is 6.20 Å². The summed E-state index contributed by atoms with van der Waals surface area (Å²) in [6.07, 6.45) is 4.13. The summed E-state index contributed by atoms with van der Waals surface area (Å²) in [5.74, 6) is -3.26. The Labute approximate surface area is 286 Å². The fourth-order valence-corrected chi connectivity index (χ4v) is 4.76. The van der Waals surface area contributed by atoms with Gasteiger partial charge in [-0.05, 0) is 72.6 Å². The van der Waals surface area contributed by atoms with Crippen LogP contribution in [0.1, 0.15) is 71.8 Å². The number of nitrogens with zero attached hydrogens (tertiary/aromatic N) is 1. The fraction of sp³-hybridized carbons (Fsp3) is 0.429. The standard InChI is InChI=1S/C35H47N5O9/c1-22(2)19-27(23-11-13-24(14-12-23)36-30(21-40(47)48)37-25-15-17-26(49-6)18-16-25)32(42)39-29(34(45)46)10-8-7-9-28(33(43)44)38-31(41)20-35(3,4)5/h7-8,11-18,21-22,27-29,36-37H,9-10,19-20H2,1-6H3,(H,38,41)(H,39,42)(H,43,44)(H,45,46). The molecule has 2 aromatic rings. The highest BCUT2D eigenvalue weighted by atomic mass is 16.6. The van der Waals surface area contributed by atoms with Crippen LogP contribution in [0.3, 0.4) is 0 Å². The van der Waals surface area contributed by atoms with Crippen molar-refractivity contribution in [3.05, 3.63) is 88.4 Å². The average molecular weight is 682 g/mol. The van der Waals surface area contributed by atoms with Crippen molar-refractivity contribution < 1.29 is 39.1 Å². The first-order valence-corrected chi connectivity index (χ1v) is 15.8. The first kappa shape index (κ1) is 39.8. The van der Waals surface area contributed by atoms with Gasteiger partial charge in [-0.15, -0.1) is 0 Å². The number of carboxylic acids is 2. The lowest BCUT2D eigenvalue weighted by atomic mass is 9.89. The van der Waals surface area contributed by atoms with Gasteiger partial charge in [0.05, 0.1) is 18.0 Å². The van der Waals surface area contributed by atoms with Crippen LogP contribution in [0.5, 0.6) is 5.75 Å². The van der Waals surface area contributed by atoms with Crippen LogP contribution in [-0.2, 0) is 19.2 Å². The van der Waals surface area contributed by atoms with Crippen molar-refractivity contribution in [2.24, 2.45) is 11.3 Å². The maximum absolute atomic E-state index is 13.5. The van der Waals surface area contributed by atoms with Crippen LogP contribution in [0.4, 0.5) is 11.4 Å². The van der Waals surface area contributed by atoms with E-state index in [1.54, 1.807) is 48.5 Å². The van der Waals surface area contributed by atoms with Crippen molar-refractivity contribution in [1.82, 2.24) is 10.6 Å². The molecule has 14 nitrogen and oxygen atoms in total. The van der Waals surface area contributed by atoms with Crippen LogP contribution in [0.25, 0.3) is 0 Å². The molecule has 0 aliphatic heterocycles. The van der Waals surface area contributed by atoms with E-state index < -0.39 is 46.7 Å². The van der Waals surface area contributed by atoms with E-state index in [-0.39, 0.29) is 36.4 Å². The predicted octanol–water partition coefficient (Wildman–Crippen LogP) is 5.34.